The number of nitrogens with zero attached hydrogens (tertiary/aromatic N) is 4. The van der Waals surface area contributed by atoms with Crippen molar-refractivity contribution in [1.82, 2.24) is 14.9 Å². The van der Waals surface area contributed by atoms with Crippen LogP contribution in [0.2, 0.25) is 0 Å². The zero-order chi connectivity index (χ0) is 17.4. The molecule has 1 fully saturated rings. The number of hydrogen-bond donors (Lipinski definition) is 1. The Balaban J connectivity index is 1.74. The monoisotopic (exact) mass is 333 g/mol. The SMILES string of the molecule is CN1C(=O)[C@@]2(N=C1N)c1cc(-c3cncnc3)ccc1C[C@]1(C)C[C@@H]12. The fraction of sp³-hybridized carbons (Fsp3) is 0.368. The van der Waals surface area contributed by atoms with Crippen molar-refractivity contribution in [1.29, 1.82) is 0 Å². The smallest absolute Gasteiger partial charge is 0.262 e. The molecule has 2 N–H and O–H groups in total. The van der Waals surface area contributed by atoms with Crippen LogP contribution in [0, 0.1) is 11.3 Å². The third-order valence-corrected chi connectivity index (χ3v) is 6.13. The van der Waals surface area contributed by atoms with Crippen LogP contribution in [-0.2, 0) is 16.8 Å². The minimum absolute atomic E-state index is 0.0128. The van der Waals surface area contributed by atoms with Crippen molar-refractivity contribution in [3.63, 3.8) is 0 Å². The molecule has 0 unspecified atom stereocenters. The highest BCUT2D eigenvalue weighted by Gasteiger charge is 2.70. The fourth-order valence-electron chi connectivity index (χ4n) is 4.66. The van der Waals surface area contributed by atoms with Crippen molar-refractivity contribution in [3.05, 3.63) is 48.0 Å². The van der Waals surface area contributed by atoms with Crippen molar-refractivity contribution in [2.75, 3.05) is 7.05 Å². The minimum atomic E-state index is -0.868. The molecule has 1 spiro atoms. The second-order valence-corrected chi connectivity index (χ2v) is 7.69. The predicted octanol–water partition coefficient (Wildman–Crippen LogP) is 1.71. The van der Waals surface area contributed by atoms with Crippen molar-refractivity contribution in [3.8, 4) is 11.1 Å². The molecule has 2 aliphatic carbocycles. The van der Waals surface area contributed by atoms with Gasteiger partial charge in [-0.3, -0.25) is 9.69 Å². The molecule has 1 aliphatic heterocycles. The van der Waals surface area contributed by atoms with E-state index in [4.69, 9.17) is 10.7 Å². The molecule has 0 radical (unpaired) electrons. The molecule has 1 aromatic heterocycles. The number of aromatic nitrogens is 2. The van der Waals surface area contributed by atoms with Crippen LogP contribution in [-0.4, -0.2) is 33.8 Å². The number of amides is 1. The van der Waals surface area contributed by atoms with Crippen molar-refractivity contribution < 1.29 is 4.79 Å². The van der Waals surface area contributed by atoms with Gasteiger partial charge in [-0.25, -0.2) is 15.0 Å². The van der Waals surface area contributed by atoms with Gasteiger partial charge < -0.3 is 5.73 Å². The maximum atomic E-state index is 13.2. The van der Waals surface area contributed by atoms with Gasteiger partial charge in [-0.2, -0.15) is 0 Å². The molecular formula is C19H19N5O. The minimum Gasteiger partial charge on any atom is -0.369 e. The van der Waals surface area contributed by atoms with E-state index in [1.807, 2.05) is 0 Å². The number of carbonyl (C=O) groups excluding carboxylic acids is 1. The number of fused-ring (bicyclic) bond motifs is 4. The van der Waals surface area contributed by atoms with Gasteiger partial charge in [0.2, 0.25) is 0 Å². The molecule has 2 aromatic rings. The topological polar surface area (TPSA) is 84.5 Å². The third kappa shape index (κ3) is 1.74. The van der Waals surface area contributed by atoms with Gasteiger partial charge in [0.1, 0.15) is 6.33 Å². The average Bonchev–Trinajstić information content (AvgIpc) is 3.26. The molecule has 2 heterocycles. The molecule has 1 saturated carbocycles. The highest BCUT2D eigenvalue weighted by molar-refractivity contribution is 6.08. The summed E-state index contributed by atoms with van der Waals surface area (Å²) in [5, 5.41) is 0. The molecule has 5 rings (SSSR count). The highest BCUT2D eigenvalue weighted by Crippen LogP contribution is 2.68. The van der Waals surface area contributed by atoms with Crippen LogP contribution >= 0.6 is 0 Å². The van der Waals surface area contributed by atoms with Gasteiger partial charge in [0, 0.05) is 30.9 Å². The molecule has 6 nitrogen and oxygen atoms in total. The summed E-state index contributed by atoms with van der Waals surface area (Å²) in [5.74, 6) is 0.507. The summed E-state index contributed by atoms with van der Waals surface area (Å²) >= 11 is 0. The third-order valence-electron chi connectivity index (χ3n) is 6.13. The number of rotatable bonds is 1. The Morgan fingerprint density at radius 3 is 2.68 bits per heavy atom. The molecule has 25 heavy (non-hydrogen) atoms. The van der Waals surface area contributed by atoms with Gasteiger partial charge in [-0.1, -0.05) is 19.1 Å². The van der Waals surface area contributed by atoms with E-state index in [2.05, 4.69) is 35.1 Å². The number of guanidine groups is 1. The van der Waals surface area contributed by atoms with Crippen LogP contribution in [0.15, 0.2) is 41.9 Å². The summed E-state index contributed by atoms with van der Waals surface area (Å²) in [7, 11) is 1.71. The second-order valence-electron chi connectivity index (χ2n) is 7.69. The van der Waals surface area contributed by atoms with E-state index in [1.165, 1.54) is 16.8 Å². The number of carbonyl (C=O) groups is 1. The first-order valence-corrected chi connectivity index (χ1v) is 8.48. The lowest BCUT2D eigenvalue weighted by Gasteiger charge is -2.35. The second kappa shape index (κ2) is 4.45. The van der Waals surface area contributed by atoms with Gasteiger partial charge in [0.15, 0.2) is 11.5 Å². The van der Waals surface area contributed by atoms with Gasteiger partial charge in [0.25, 0.3) is 5.91 Å². The molecule has 0 saturated heterocycles. The Morgan fingerprint density at radius 1 is 1.24 bits per heavy atom. The summed E-state index contributed by atoms with van der Waals surface area (Å²) in [6, 6.07) is 6.28. The van der Waals surface area contributed by atoms with E-state index >= 15 is 0 Å². The molecule has 1 amide bonds. The first-order chi connectivity index (χ1) is 12.0. The Morgan fingerprint density at radius 2 is 2.00 bits per heavy atom. The quantitative estimate of drug-likeness (QED) is 0.861. The van der Waals surface area contributed by atoms with Crippen LogP contribution in [0.25, 0.3) is 11.1 Å². The maximum absolute atomic E-state index is 13.2. The van der Waals surface area contributed by atoms with E-state index < -0.39 is 5.54 Å². The Hall–Kier alpha value is -2.76. The Kier molecular flexibility index (Phi) is 2.59. The molecular weight excluding hydrogens is 314 g/mol. The Labute approximate surface area is 145 Å². The summed E-state index contributed by atoms with van der Waals surface area (Å²) in [5.41, 5.74) is 9.42. The number of hydrogen-bond acceptors (Lipinski definition) is 5. The zero-order valence-electron chi connectivity index (χ0n) is 14.2. The zero-order valence-corrected chi connectivity index (χ0v) is 14.2. The number of benzene rings is 1. The van der Waals surface area contributed by atoms with Crippen molar-refractivity contribution in [2.45, 2.75) is 25.3 Å². The van der Waals surface area contributed by atoms with Crippen LogP contribution in [0.4, 0.5) is 0 Å². The summed E-state index contributed by atoms with van der Waals surface area (Å²) in [6.45, 7) is 2.25. The summed E-state index contributed by atoms with van der Waals surface area (Å²) in [6.07, 6.45) is 7.06. The van der Waals surface area contributed by atoms with Gasteiger partial charge in [-0.15, -0.1) is 0 Å². The molecule has 126 valence electrons. The van der Waals surface area contributed by atoms with E-state index in [0.717, 1.165) is 29.5 Å². The van der Waals surface area contributed by atoms with E-state index in [0.29, 0.717) is 5.96 Å². The van der Waals surface area contributed by atoms with Crippen LogP contribution in [0.5, 0.6) is 0 Å². The van der Waals surface area contributed by atoms with Gasteiger partial charge >= 0.3 is 0 Å². The van der Waals surface area contributed by atoms with E-state index in [-0.39, 0.29) is 17.2 Å². The van der Waals surface area contributed by atoms with Crippen molar-refractivity contribution >= 4 is 11.9 Å². The van der Waals surface area contributed by atoms with Crippen LogP contribution in [0.1, 0.15) is 24.5 Å². The average molecular weight is 333 g/mol. The first kappa shape index (κ1) is 14.6. The molecule has 1 aromatic carbocycles. The van der Waals surface area contributed by atoms with E-state index in [9.17, 15) is 4.79 Å². The standard InChI is InChI=1S/C19H19N5O/c1-18-6-12-4-3-11(13-8-21-10-22-9-13)5-14(12)19(15(18)7-18)16(25)24(2)17(20)23-19/h3-5,8-10,15H,6-7H2,1-2H3,(H2,20,23)/t15-,18+,19+/m0/s1. The lowest BCUT2D eigenvalue weighted by atomic mass is 9.71. The molecule has 0 bridgehead atoms. The first-order valence-electron chi connectivity index (χ1n) is 8.48. The lowest BCUT2D eigenvalue weighted by molar-refractivity contribution is -0.132. The van der Waals surface area contributed by atoms with Crippen LogP contribution < -0.4 is 5.73 Å². The fourth-order valence-corrected chi connectivity index (χ4v) is 4.66. The van der Waals surface area contributed by atoms with Gasteiger partial charge in [0.05, 0.1) is 0 Å². The predicted molar refractivity (Wildman–Crippen MR) is 93.5 cm³/mol. The normalized spacial score (nSPS) is 32.4. The number of likely N-dealkylation sites (N-methyl/N-ethyl adjacent to an activating group) is 1. The summed E-state index contributed by atoms with van der Waals surface area (Å²) < 4.78 is 0. The maximum Gasteiger partial charge on any atom is 0.262 e. The van der Waals surface area contributed by atoms with Crippen LogP contribution in [0.3, 0.4) is 0 Å². The Bertz CT molecular complexity index is 940. The largest absolute Gasteiger partial charge is 0.369 e. The van der Waals surface area contributed by atoms with Gasteiger partial charge in [-0.05, 0) is 41.0 Å². The summed E-state index contributed by atoms with van der Waals surface area (Å²) in [4.78, 5) is 27.6. The number of aliphatic imine (C=N–C) groups is 1. The molecule has 3 atom stereocenters. The number of nitrogens with two attached hydrogens (primary N) is 1. The molecule has 6 heteroatoms. The molecule has 3 aliphatic rings. The lowest BCUT2D eigenvalue weighted by Crippen LogP contribution is -2.45. The van der Waals surface area contributed by atoms with E-state index in [1.54, 1.807) is 19.4 Å². The highest BCUT2D eigenvalue weighted by atomic mass is 16.2. The van der Waals surface area contributed by atoms with Crippen molar-refractivity contribution in [2.24, 2.45) is 22.1 Å².